The summed E-state index contributed by atoms with van der Waals surface area (Å²) in [5.74, 6) is -1.51. The molecule has 0 unspecified atom stereocenters. The van der Waals surface area contributed by atoms with Gasteiger partial charge in [-0.15, -0.1) is 23.2 Å². The van der Waals surface area contributed by atoms with E-state index in [-0.39, 0.29) is 5.92 Å². The van der Waals surface area contributed by atoms with Crippen LogP contribution in [0, 0.1) is 5.92 Å². The molecule has 0 aromatic heterocycles. The maximum atomic E-state index is 11.6. The molecule has 1 saturated carbocycles. The monoisotopic (exact) mass is 272 g/mol. The number of hydrogen-bond acceptors (Lipinski definition) is 2. The van der Waals surface area contributed by atoms with Gasteiger partial charge in [-0.2, -0.15) is 0 Å². The summed E-state index contributed by atoms with van der Waals surface area (Å²) in [7, 11) is 0. The van der Waals surface area contributed by atoms with Crippen molar-refractivity contribution in [3.8, 4) is 0 Å². The van der Waals surface area contributed by atoms with Gasteiger partial charge >= 0.3 is 6.03 Å². The molecule has 0 saturated heterocycles. The summed E-state index contributed by atoms with van der Waals surface area (Å²) >= 11 is 12.1. The highest BCUT2D eigenvalue weighted by atomic mass is 35.5. The maximum absolute atomic E-state index is 11.6. The van der Waals surface area contributed by atoms with Gasteiger partial charge in [0.1, 0.15) is 4.33 Å². The van der Waals surface area contributed by atoms with E-state index in [0.29, 0.717) is 0 Å². The number of alkyl halides is 2. The van der Waals surface area contributed by atoms with Crippen LogP contribution in [0.4, 0.5) is 4.79 Å². The summed E-state index contributed by atoms with van der Waals surface area (Å²) in [6.45, 7) is 0. The Hall–Kier alpha value is -1.26. The number of benzene rings is 1. The molecule has 2 atom stereocenters. The van der Waals surface area contributed by atoms with E-state index in [1.54, 1.807) is 0 Å². The zero-order chi connectivity index (χ0) is 12.6. The first-order valence-corrected chi connectivity index (χ1v) is 5.73. The predicted molar refractivity (Wildman–Crippen MR) is 64.8 cm³/mol. The van der Waals surface area contributed by atoms with Crippen LogP contribution in [0.1, 0.15) is 11.5 Å². The Labute approximate surface area is 108 Å². The third-order valence-electron chi connectivity index (χ3n) is 2.74. The van der Waals surface area contributed by atoms with Crippen molar-refractivity contribution >= 4 is 35.1 Å². The summed E-state index contributed by atoms with van der Waals surface area (Å²) < 4.78 is -1.18. The van der Waals surface area contributed by atoms with Crippen LogP contribution in [0.2, 0.25) is 0 Å². The Kier molecular flexibility index (Phi) is 3.02. The van der Waals surface area contributed by atoms with Gasteiger partial charge in [0.2, 0.25) is 5.91 Å². The summed E-state index contributed by atoms with van der Waals surface area (Å²) in [6.07, 6.45) is 0. The first kappa shape index (κ1) is 12.2. The molecule has 1 aromatic rings. The Balaban J connectivity index is 2.17. The van der Waals surface area contributed by atoms with Crippen LogP contribution < -0.4 is 11.1 Å². The molecule has 1 aliphatic rings. The number of nitrogens with two attached hydrogens (primary N) is 1. The van der Waals surface area contributed by atoms with Gasteiger partial charge in [-0.3, -0.25) is 10.1 Å². The molecule has 4 nitrogen and oxygen atoms in total. The fraction of sp³-hybridized carbons (Fsp3) is 0.273. The molecule has 1 aliphatic carbocycles. The van der Waals surface area contributed by atoms with Gasteiger partial charge in [0.15, 0.2) is 0 Å². The molecular weight excluding hydrogens is 263 g/mol. The molecule has 3 amide bonds. The van der Waals surface area contributed by atoms with Gasteiger partial charge in [-0.25, -0.2) is 4.79 Å². The van der Waals surface area contributed by atoms with Crippen molar-refractivity contribution in [2.45, 2.75) is 10.3 Å². The van der Waals surface area contributed by atoms with Crippen LogP contribution in [0.3, 0.4) is 0 Å². The lowest BCUT2D eigenvalue weighted by molar-refractivity contribution is -0.121. The number of rotatable bonds is 2. The summed E-state index contributed by atoms with van der Waals surface area (Å²) in [6, 6.07) is 8.29. The lowest BCUT2D eigenvalue weighted by Crippen LogP contribution is -2.37. The van der Waals surface area contributed by atoms with Crippen molar-refractivity contribution in [1.29, 1.82) is 0 Å². The molecule has 90 valence electrons. The average Bonchev–Trinajstić information content (AvgIpc) is 2.82. The minimum atomic E-state index is -1.18. The van der Waals surface area contributed by atoms with Gasteiger partial charge in [0.05, 0.1) is 5.92 Å². The largest absolute Gasteiger partial charge is 0.351 e. The number of halogens is 2. The van der Waals surface area contributed by atoms with E-state index in [1.165, 1.54) is 0 Å². The number of hydrogen-bond donors (Lipinski definition) is 2. The second-order valence-electron chi connectivity index (χ2n) is 3.89. The number of nitrogens with one attached hydrogen (secondary N) is 1. The van der Waals surface area contributed by atoms with Gasteiger partial charge in [-0.05, 0) is 5.56 Å². The summed E-state index contributed by atoms with van der Waals surface area (Å²) in [5, 5.41) is 1.99. The molecule has 1 fully saturated rings. The van der Waals surface area contributed by atoms with E-state index in [2.05, 4.69) is 0 Å². The predicted octanol–water partition coefficient (Wildman–Crippen LogP) is 1.77. The minimum Gasteiger partial charge on any atom is -0.351 e. The Morgan fingerprint density at radius 3 is 2.35 bits per heavy atom. The highest BCUT2D eigenvalue weighted by Gasteiger charge is 2.67. The number of primary amides is 1. The van der Waals surface area contributed by atoms with E-state index < -0.39 is 22.2 Å². The van der Waals surface area contributed by atoms with E-state index in [0.717, 1.165) is 5.56 Å². The van der Waals surface area contributed by atoms with Crippen LogP contribution in [-0.2, 0) is 4.79 Å². The van der Waals surface area contributed by atoms with Crippen LogP contribution in [-0.4, -0.2) is 16.3 Å². The number of urea groups is 1. The molecule has 2 rings (SSSR count). The van der Waals surface area contributed by atoms with Crippen molar-refractivity contribution in [1.82, 2.24) is 5.32 Å². The second kappa shape index (κ2) is 4.20. The molecule has 0 aliphatic heterocycles. The highest BCUT2D eigenvalue weighted by molar-refractivity contribution is 6.53. The molecule has 0 bridgehead atoms. The van der Waals surface area contributed by atoms with E-state index in [1.807, 2.05) is 35.6 Å². The molecule has 0 spiro atoms. The first-order chi connectivity index (χ1) is 7.94. The van der Waals surface area contributed by atoms with Crippen LogP contribution in [0.5, 0.6) is 0 Å². The fourth-order valence-electron chi connectivity index (χ4n) is 1.93. The minimum absolute atomic E-state index is 0.314. The quantitative estimate of drug-likeness (QED) is 0.806. The van der Waals surface area contributed by atoms with Crippen LogP contribution in [0.15, 0.2) is 30.3 Å². The van der Waals surface area contributed by atoms with Crippen molar-refractivity contribution in [3.05, 3.63) is 35.9 Å². The third kappa shape index (κ3) is 2.23. The molecule has 17 heavy (non-hydrogen) atoms. The molecule has 0 radical (unpaired) electrons. The Morgan fingerprint density at radius 1 is 1.24 bits per heavy atom. The lowest BCUT2D eigenvalue weighted by atomic mass is 10.1. The Morgan fingerprint density at radius 2 is 1.82 bits per heavy atom. The fourth-order valence-corrected chi connectivity index (χ4v) is 2.76. The van der Waals surface area contributed by atoms with Gasteiger partial charge < -0.3 is 5.73 Å². The van der Waals surface area contributed by atoms with Crippen molar-refractivity contribution in [3.63, 3.8) is 0 Å². The normalized spacial score (nSPS) is 25.1. The van der Waals surface area contributed by atoms with Gasteiger partial charge in [0, 0.05) is 5.92 Å². The Bertz CT molecular complexity index is 462. The first-order valence-electron chi connectivity index (χ1n) is 4.97. The van der Waals surface area contributed by atoms with Crippen molar-refractivity contribution in [2.24, 2.45) is 11.7 Å². The van der Waals surface area contributed by atoms with Gasteiger partial charge in [-0.1, -0.05) is 30.3 Å². The maximum Gasteiger partial charge on any atom is 0.318 e. The smallest absolute Gasteiger partial charge is 0.318 e. The van der Waals surface area contributed by atoms with Crippen molar-refractivity contribution in [2.75, 3.05) is 0 Å². The van der Waals surface area contributed by atoms with E-state index >= 15 is 0 Å². The average molecular weight is 273 g/mol. The molecular formula is C11H10Cl2N2O2. The number of amides is 3. The SMILES string of the molecule is NC(=O)NC(=O)[C@H]1[C@H](c2ccccc2)C1(Cl)Cl. The van der Waals surface area contributed by atoms with Crippen LogP contribution >= 0.6 is 23.2 Å². The number of imide groups is 1. The summed E-state index contributed by atoms with van der Waals surface area (Å²) in [5.41, 5.74) is 5.74. The third-order valence-corrected chi connectivity index (χ3v) is 3.68. The molecule has 0 heterocycles. The number of carbonyl (C=O) groups excluding carboxylic acids is 2. The zero-order valence-electron chi connectivity index (χ0n) is 8.69. The second-order valence-corrected chi connectivity index (χ2v) is 5.34. The molecule has 1 aromatic carbocycles. The summed E-state index contributed by atoms with van der Waals surface area (Å²) in [4.78, 5) is 22.2. The molecule has 3 N–H and O–H groups in total. The topological polar surface area (TPSA) is 72.2 Å². The van der Waals surface area contributed by atoms with E-state index in [4.69, 9.17) is 28.9 Å². The zero-order valence-corrected chi connectivity index (χ0v) is 10.2. The molecule has 6 heteroatoms. The van der Waals surface area contributed by atoms with E-state index in [9.17, 15) is 9.59 Å². The standard InChI is InChI=1S/C11H10Cl2N2O2/c12-11(13)7(6-4-2-1-3-5-6)8(11)9(16)15-10(14)17/h1-5,7-8H,(H3,14,15,16,17)/t7-,8+/m0/s1. The lowest BCUT2D eigenvalue weighted by Gasteiger charge is -1.99. The van der Waals surface area contributed by atoms with Crippen LogP contribution in [0.25, 0.3) is 0 Å². The van der Waals surface area contributed by atoms with Crippen molar-refractivity contribution < 1.29 is 9.59 Å². The highest BCUT2D eigenvalue weighted by Crippen LogP contribution is 2.64. The number of carbonyl (C=O) groups is 2. The van der Waals surface area contributed by atoms with Gasteiger partial charge in [0.25, 0.3) is 0 Å².